The number of nitrogens with zero attached hydrogens (tertiary/aromatic N) is 1. The van der Waals surface area contributed by atoms with E-state index in [1.807, 2.05) is 30.3 Å². The third kappa shape index (κ3) is 2.29. The molecule has 1 heterocycles. The van der Waals surface area contributed by atoms with E-state index in [1.54, 1.807) is 0 Å². The van der Waals surface area contributed by atoms with Crippen LogP contribution in [0.5, 0.6) is 0 Å². The number of aromatic amines is 1. The van der Waals surface area contributed by atoms with Gasteiger partial charge >= 0.3 is 0 Å². The van der Waals surface area contributed by atoms with Crippen molar-refractivity contribution in [3.8, 4) is 0 Å². The number of hydrogen-bond acceptors (Lipinski definition) is 3. The molecule has 0 saturated carbocycles. The van der Waals surface area contributed by atoms with Crippen LogP contribution in [0.15, 0.2) is 30.3 Å². The number of H-pyrrole nitrogens is 1. The van der Waals surface area contributed by atoms with Crippen LogP contribution in [0.1, 0.15) is 22.8 Å². The summed E-state index contributed by atoms with van der Waals surface area (Å²) in [5.74, 6) is 0.763. The van der Waals surface area contributed by atoms with Crippen molar-refractivity contribution in [3.63, 3.8) is 0 Å². The van der Waals surface area contributed by atoms with Crippen LogP contribution in [0.25, 0.3) is 0 Å². The zero-order valence-corrected chi connectivity index (χ0v) is 8.85. The fourth-order valence-electron chi connectivity index (χ4n) is 1.64. The van der Waals surface area contributed by atoms with Crippen LogP contribution in [0.2, 0.25) is 0 Å². The summed E-state index contributed by atoms with van der Waals surface area (Å²) in [6.07, 6.45) is 0.674. The maximum absolute atomic E-state index is 9.05. The van der Waals surface area contributed by atoms with Crippen LogP contribution < -0.4 is 0 Å². The average molecular weight is 218 g/mol. The molecule has 0 bridgehead atoms. The summed E-state index contributed by atoms with van der Waals surface area (Å²) >= 11 is 0. The van der Waals surface area contributed by atoms with Crippen LogP contribution in [0.4, 0.5) is 0 Å². The molecule has 84 valence electrons. The second kappa shape index (κ2) is 4.92. The smallest absolute Gasteiger partial charge is 0.111 e. The lowest BCUT2D eigenvalue weighted by Crippen LogP contribution is -1.91. The lowest BCUT2D eigenvalue weighted by Gasteiger charge is -1.96. The summed E-state index contributed by atoms with van der Waals surface area (Å²) in [5, 5.41) is 18.1. The molecule has 0 fully saturated rings. The number of imidazole rings is 1. The van der Waals surface area contributed by atoms with Crippen LogP contribution in [-0.2, 0) is 19.6 Å². The Kier molecular flexibility index (Phi) is 3.34. The van der Waals surface area contributed by atoms with E-state index in [0.29, 0.717) is 17.8 Å². The second-order valence-corrected chi connectivity index (χ2v) is 3.59. The third-order valence-corrected chi connectivity index (χ3v) is 2.44. The number of aliphatic hydroxyl groups is 2. The molecular weight excluding hydrogens is 204 g/mol. The van der Waals surface area contributed by atoms with Gasteiger partial charge in [0.15, 0.2) is 0 Å². The van der Waals surface area contributed by atoms with E-state index < -0.39 is 0 Å². The van der Waals surface area contributed by atoms with Gasteiger partial charge in [0, 0.05) is 6.42 Å². The van der Waals surface area contributed by atoms with E-state index in [-0.39, 0.29) is 13.2 Å². The highest BCUT2D eigenvalue weighted by Crippen LogP contribution is 2.10. The molecule has 1 aromatic carbocycles. The standard InChI is InChI=1S/C12H14N2O2/c15-7-10-11(8-16)14-12(13-10)6-9-4-2-1-3-5-9/h1-5,15-16H,6-8H2,(H,13,14). The van der Waals surface area contributed by atoms with E-state index in [4.69, 9.17) is 10.2 Å². The number of aliphatic hydroxyl groups excluding tert-OH is 2. The molecule has 4 heteroatoms. The molecule has 0 atom stereocenters. The van der Waals surface area contributed by atoms with Crippen LogP contribution in [-0.4, -0.2) is 20.2 Å². The van der Waals surface area contributed by atoms with Gasteiger partial charge in [-0.2, -0.15) is 0 Å². The zero-order chi connectivity index (χ0) is 11.4. The van der Waals surface area contributed by atoms with Gasteiger partial charge in [-0.25, -0.2) is 4.98 Å². The molecule has 3 N–H and O–H groups in total. The first kappa shape index (κ1) is 10.9. The summed E-state index contributed by atoms with van der Waals surface area (Å²) in [6.45, 7) is -0.279. The zero-order valence-electron chi connectivity index (χ0n) is 8.85. The second-order valence-electron chi connectivity index (χ2n) is 3.59. The Morgan fingerprint density at radius 3 is 2.38 bits per heavy atom. The van der Waals surface area contributed by atoms with Crippen LogP contribution >= 0.6 is 0 Å². The fourth-order valence-corrected chi connectivity index (χ4v) is 1.64. The molecule has 0 unspecified atom stereocenters. The van der Waals surface area contributed by atoms with Crippen molar-refractivity contribution in [1.29, 1.82) is 0 Å². The van der Waals surface area contributed by atoms with Crippen molar-refractivity contribution in [2.75, 3.05) is 0 Å². The van der Waals surface area contributed by atoms with Gasteiger partial charge in [-0.1, -0.05) is 30.3 Å². The third-order valence-electron chi connectivity index (χ3n) is 2.44. The highest BCUT2D eigenvalue weighted by Gasteiger charge is 2.08. The predicted molar refractivity (Wildman–Crippen MR) is 59.7 cm³/mol. The molecule has 0 spiro atoms. The number of aromatic nitrogens is 2. The minimum absolute atomic E-state index is 0.127. The summed E-state index contributed by atoms with van der Waals surface area (Å²) in [4.78, 5) is 7.24. The van der Waals surface area contributed by atoms with E-state index >= 15 is 0 Å². The van der Waals surface area contributed by atoms with Crippen molar-refractivity contribution in [3.05, 3.63) is 53.1 Å². The maximum Gasteiger partial charge on any atom is 0.111 e. The lowest BCUT2D eigenvalue weighted by molar-refractivity contribution is 0.255. The van der Waals surface area contributed by atoms with Crippen molar-refractivity contribution >= 4 is 0 Å². The highest BCUT2D eigenvalue weighted by atomic mass is 16.3. The summed E-state index contributed by atoms with van der Waals surface area (Å²) in [6, 6.07) is 9.93. The molecule has 2 aromatic rings. The minimum atomic E-state index is -0.152. The Balaban J connectivity index is 2.19. The highest BCUT2D eigenvalue weighted by molar-refractivity contribution is 5.21. The topological polar surface area (TPSA) is 69.1 Å². The number of rotatable bonds is 4. The van der Waals surface area contributed by atoms with Crippen molar-refractivity contribution in [2.24, 2.45) is 0 Å². The van der Waals surface area contributed by atoms with Crippen LogP contribution in [0.3, 0.4) is 0 Å². The first-order chi connectivity index (χ1) is 7.83. The quantitative estimate of drug-likeness (QED) is 0.716. The van der Waals surface area contributed by atoms with Crippen molar-refractivity contribution in [2.45, 2.75) is 19.6 Å². The minimum Gasteiger partial charge on any atom is -0.390 e. The molecule has 4 nitrogen and oxygen atoms in total. The van der Waals surface area contributed by atoms with E-state index in [1.165, 1.54) is 0 Å². The number of hydrogen-bond donors (Lipinski definition) is 3. The molecular formula is C12H14N2O2. The first-order valence-electron chi connectivity index (χ1n) is 5.15. The molecule has 0 aliphatic rings. The summed E-state index contributed by atoms with van der Waals surface area (Å²) < 4.78 is 0. The Morgan fingerprint density at radius 1 is 1.06 bits per heavy atom. The molecule has 2 rings (SSSR count). The molecule has 16 heavy (non-hydrogen) atoms. The normalized spacial score (nSPS) is 10.6. The van der Waals surface area contributed by atoms with E-state index in [2.05, 4.69) is 9.97 Å². The van der Waals surface area contributed by atoms with Crippen LogP contribution in [0, 0.1) is 0 Å². The maximum atomic E-state index is 9.05. The monoisotopic (exact) mass is 218 g/mol. The lowest BCUT2D eigenvalue weighted by atomic mass is 10.1. The Labute approximate surface area is 93.6 Å². The Morgan fingerprint density at radius 2 is 1.81 bits per heavy atom. The molecule has 1 aromatic heterocycles. The van der Waals surface area contributed by atoms with Gasteiger partial charge in [0.05, 0.1) is 24.6 Å². The summed E-state index contributed by atoms with van der Waals surface area (Å²) in [5.41, 5.74) is 2.26. The van der Waals surface area contributed by atoms with Gasteiger partial charge in [-0.3, -0.25) is 0 Å². The van der Waals surface area contributed by atoms with Gasteiger partial charge in [0.1, 0.15) is 5.82 Å². The van der Waals surface area contributed by atoms with E-state index in [0.717, 1.165) is 11.4 Å². The largest absolute Gasteiger partial charge is 0.390 e. The molecule has 0 aliphatic carbocycles. The Bertz CT molecular complexity index is 430. The fraction of sp³-hybridized carbons (Fsp3) is 0.250. The van der Waals surface area contributed by atoms with Gasteiger partial charge in [0.25, 0.3) is 0 Å². The van der Waals surface area contributed by atoms with Gasteiger partial charge < -0.3 is 15.2 Å². The van der Waals surface area contributed by atoms with Crippen molar-refractivity contribution < 1.29 is 10.2 Å². The van der Waals surface area contributed by atoms with Crippen molar-refractivity contribution in [1.82, 2.24) is 9.97 Å². The predicted octanol–water partition coefficient (Wildman–Crippen LogP) is 0.985. The molecule has 0 aliphatic heterocycles. The van der Waals surface area contributed by atoms with Gasteiger partial charge in [-0.05, 0) is 5.56 Å². The van der Waals surface area contributed by atoms with Gasteiger partial charge in [-0.15, -0.1) is 0 Å². The van der Waals surface area contributed by atoms with Gasteiger partial charge in [0.2, 0.25) is 0 Å². The average Bonchev–Trinajstić information content (AvgIpc) is 2.72. The Hall–Kier alpha value is -1.65. The SMILES string of the molecule is OCc1nc(Cc2ccccc2)[nH]c1CO. The number of benzene rings is 1. The molecule has 0 saturated heterocycles. The molecule has 0 amide bonds. The summed E-state index contributed by atoms with van der Waals surface area (Å²) in [7, 11) is 0. The number of nitrogens with one attached hydrogen (secondary N) is 1. The molecule has 0 radical (unpaired) electrons. The van der Waals surface area contributed by atoms with E-state index in [9.17, 15) is 0 Å². The first-order valence-corrected chi connectivity index (χ1v) is 5.15.